The average Bonchev–Trinajstić information content (AvgIpc) is 2.40. The summed E-state index contributed by atoms with van der Waals surface area (Å²) in [6.07, 6.45) is 0. The zero-order chi connectivity index (χ0) is 13.8. The van der Waals surface area contributed by atoms with Gasteiger partial charge in [0.2, 0.25) is 0 Å². The van der Waals surface area contributed by atoms with Gasteiger partial charge in [-0.25, -0.2) is 4.39 Å². The summed E-state index contributed by atoms with van der Waals surface area (Å²) in [5, 5.41) is 5.52. The minimum Gasteiger partial charge on any atom is -0.397 e. The Morgan fingerprint density at radius 2 is 2.00 bits per heavy atom. The zero-order valence-electron chi connectivity index (χ0n) is 10.4. The third-order valence-electron chi connectivity index (χ3n) is 2.65. The molecule has 1 amide bonds. The number of hydrogen-bond donors (Lipinski definition) is 3. The molecule has 0 aliphatic heterocycles. The highest BCUT2D eigenvalue weighted by Crippen LogP contribution is 2.24. The molecule has 0 saturated carbocycles. The second kappa shape index (κ2) is 5.39. The first-order valence-electron chi connectivity index (χ1n) is 5.74. The largest absolute Gasteiger partial charge is 0.397 e. The number of rotatable bonds is 3. The van der Waals surface area contributed by atoms with Gasteiger partial charge in [-0.05, 0) is 36.4 Å². The van der Waals surface area contributed by atoms with Crippen LogP contribution in [0.3, 0.4) is 0 Å². The Hall–Kier alpha value is -2.56. The Morgan fingerprint density at radius 1 is 1.21 bits per heavy atom. The first kappa shape index (κ1) is 12.9. The summed E-state index contributed by atoms with van der Waals surface area (Å²) in [5.74, 6) is -0.548. The molecule has 19 heavy (non-hydrogen) atoms. The molecular weight excluding hydrogens is 245 g/mol. The standard InChI is InChI=1S/C14H14FN3O/c1-17-14(19)9-5-6-12(16)13(7-9)18-11-4-2-3-10(15)8-11/h2-8,18H,16H2,1H3,(H,17,19). The summed E-state index contributed by atoms with van der Waals surface area (Å²) >= 11 is 0. The first-order valence-corrected chi connectivity index (χ1v) is 5.74. The summed E-state index contributed by atoms with van der Waals surface area (Å²) in [4.78, 5) is 11.5. The van der Waals surface area contributed by atoms with E-state index in [2.05, 4.69) is 10.6 Å². The van der Waals surface area contributed by atoms with Gasteiger partial charge >= 0.3 is 0 Å². The molecule has 2 rings (SSSR count). The van der Waals surface area contributed by atoms with Gasteiger partial charge in [0.1, 0.15) is 5.82 Å². The number of amides is 1. The number of carbonyl (C=O) groups is 1. The molecule has 0 heterocycles. The van der Waals surface area contributed by atoms with Gasteiger partial charge in [0.15, 0.2) is 0 Å². The van der Waals surface area contributed by atoms with E-state index in [4.69, 9.17) is 5.73 Å². The maximum Gasteiger partial charge on any atom is 0.251 e. The van der Waals surface area contributed by atoms with Crippen LogP contribution in [0.15, 0.2) is 42.5 Å². The maximum absolute atomic E-state index is 13.1. The molecule has 2 aromatic rings. The predicted octanol–water partition coefficient (Wildman–Crippen LogP) is 2.51. The van der Waals surface area contributed by atoms with E-state index in [9.17, 15) is 9.18 Å². The highest BCUT2D eigenvalue weighted by molar-refractivity contribution is 5.96. The van der Waals surface area contributed by atoms with Crippen LogP contribution in [-0.2, 0) is 0 Å². The van der Waals surface area contributed by atoms with Crippen LogP contribution in [0.2, 0.25) is 0 Å². The van der Waals surface area contributed by atoms with Crippen LogP contribution in [0, 0.1) is 5.82 Å². The highest BCUT2D eigenvalue weighted by atomic mass is 19.1. The maximum atomic E-state index is 13.1. The third-order valence-corrected chi connectivity index (χ3v) is 2.65. The number of nitrogens with two attached hydrogens (primary N) is 1. The van der Waals surface area contributed by atoms with E-state index in [0.29, 0.717) is 22.6 Å². The summed E-state index contributed by atoms with van der Waals surface area (Å²) in [5.41, 5.74) is 7.93. The molecule has 5 heteroatoms. The van der Waals surface area contributed by atoms with Crippen LogP contribution in [-0.4, -0.2) is 13.0 Å². The lowest BCUT2D eigenvalue weighted by atomic mass is 10.1. The SMILES string of the molecule is CNC(=O)c1ccc(N)c(Nc2cccc(F)c2)c1. The Bertz CT molecular complexity index is 613. The quantitative estimate of drug-likeness (QED) is 0.742. The second-order valence-electron chi connectivity index (χ2n) is 4.02. The van der Waals surface area contributed by atoms with Gasteiger partial charge in [-0.3, -0.25) is 4.79 Å². The number of hydrogen-bond acceptors (Lipinski definition) is 3. The lowest BCUT2D eigenvalue weighted by Crippen LogP contribution is -2.17. The van der Waals surface area contributed by atoms with Gasteiger partial charge in [-0.2, -0.15) is 0 Å². The van der Waals surface area contributed by atoms with Crippen molar-refractivity contribution < 1.29 is 9.18 Å². The van der Waals surface area contributed by atoms with Gasteiger partial charge < -0.3 is 16.4 Å². The van der Waals surface area contributed by atoms with Crippen molar-refractivity contribution in [1.29, 1.82) is 0 Å². The molecular formula is C14H14FN3O. The van der Waals surface area contributed by atoms with Gasteiger partial charge in [0, 0.05) is 18.3 Å². The van der Waals surface area contributed by atoms with Gasteiger partial charge in [-0.15, -0.1) is 0 Å². The fourth-order valence-electron chi connectivity index (χ4n) is 1.67. The van der Waals surface area contributed by atoms with E-state index in [-0.39, 0.29) is 11.7 Å². The van der Waals surface area contributed by atoms with Crippen molar-refractivity contribution in [3.8, 4) is 0 Å². The first-order chi connectivity index (χ1) is 9.10. The van der Waals surface area contributed by atoms with Crippen molar-refractivity contribution in [2.45, 2.75) is 0 Å². The molecule has 0 saturated heterocycles. The molecule has 4 N–H and O–H groups in total. The summed E-state index contributed by atoms with van der Waals surface area (Å²) in [6, 6.07) is 10.9. The third kappa shape index (κ3) is 3.01. The molecule has 0 radical (unpaired) electrons. The Kier molecular flexibility index (Phi) is 3.66. The van der Waals surface area contributed by atoms with Crippen LogP contribution in [0.4, 0.5) is 21.5 Å². The minimum absolute atomic E-state index is 0.206. The van der Waals surface area contributed by atoms with Crippen LogP contribution in [0.1, 0.15) is 10.4 Å². The predicted molar refractivity (Wildman–Crippen MR) is 73.9 cm³/mol. The molecule has 0 unspecified atom stereocenters. The molecule has 2 aromatic carbocycles. The van der Waals surface area contributed by atoms with Crippen LogP contribution in [0.5, 0.6) is 0 Å². The van der Waals surface area contributed by atoms with Gasteiger partial charge in [0.25, 0.3) is 5.91 Å². The van der Waals surface area contributed by atoms with E-state index in [0.717, 1.165) is 0 Å². The topological polar surface area (TPSA) is 67.2 Å². The van der Waals surface area contributed by atoms with E-state index < -0.39 is 0 Å². The monoisotopic (exact) mass is 259 g/mol. The van der Waals surface area contributed by atoms with Gasteiger partial charge in [-0.1, -0.05) is 6.07 Å². The molecule has 0 aromatic heterocycles. The average molecular weight is 259 g/mol. The van der Waals surface area contributed by atoms with Crippen molar-refractivity contribution in [1.82, 2.24) is 5.32 Å². The number of carbonyl (C=O) groups excluding carboxylic acids is 1. The Labute approximate surface area is 110 Å². The number of anilines is 3. The van der Waals surface area contributed by atoms with Crippen molar-refractivity contribution in [2.75, 3.05) is 18.1 Å². The molecule has 0 spiro atoms. The van der Waals surface area contributed by atoms with E-state index >= 15 is 0 Å². The number of halogens is 1. The van der Waals surface area contributed by atoms with Gasteiger partial charge in [0.05, 0.1) is 11.4 Å². The van der Waals surface area contributed by atoms with Crippen molar-refractivity contribution in [3.63, 3.8) is 0 Å². The van der Waals surface area contributed by atoms with Crippen molar-refractivity contribution >= 4 is 23.0 Å². The van der Waals surface area contributed by atoms with Crippen molar-refractivity contribution in [2.24, 2.45) is 0 Å². The number of nitrogens with one attached hydrogen (secondary N) is 2. The van der Waals surface area contributed by atoms with Crippen molar-refractivity contribution in [3.05, 3.63) is 53.8 Å². The fourth-order valence-corrected chi connectivity index (χ4v) is 1.67. The molecule has 0 atom stereocenters. The second-order valence-corrected chi connectivity index (χ2v) is 4.02. The molecule has 0 aliphatic carbocycles. The smallest absolute Gasteiger partial charge is 0.251 e. The van der Waals surface area contributed by atoms with E-state index in [1.54, 1.807) is 37.4 Å². The highest BCUT2D eigenvalue weighted by Gasteiger charge is 2.07. The molecule has 98 valence electrons. The summed E-state index contributed by atoms with van der Waals surface area (Å²) < 4.78 is 13.1. The number of nitrogen functional groups attached to an aromatic ring is 1. The van der Waals surface area contributed by atoms with Crippen LogP contribution >= 0.6 is 0 Å². The van der Waals surface area contributed by atoms with E-state index in [1.165, 1.54) is 12.1 Å². The lowest BCUT2D eigenvalue weighted by molar-refractivity contribution is 0.0963. The summed E-state index contributed by atoms with van der Waals surface area (Å²) in [7, 11) is 1.55. The molecule has 0 bridgehead atoms. The normalized spacial score (nSPS) is 10.0. The van der Waals surface area contributed by atoms with Crippen LogP contribution < -0.4 is 16.4 Å². The molecule has 0 fully saturated rings. The van der Waals surface area contributed by atoms with Crippen LogP contribution in [0.25, 0.3) is 0 Å². The molecule has 0 aliphatic rings. The van der Waals surface area contributed by atoms with E-state index in [1.807, 2.05) is 0 Å². The molecule has 4 nitrogen and oxygen atoms in total. The fraction of sp³-hybridized carbons (Fsp3) is 0.0714. The lowest BCUT2D eigenvalue weighted by Gasteiger charge is -2.11. The summed E-state index contributed by atoms with van der Waals surface area (Å²) in [6.45, 7) is 0. The number of benzene rings is 2. The Balaban J connectivity index is 2.31. The Morgan fingerprint density at radius 3 is 2.68 bits per heavy atom. The minimum atomic E-state index is -0.342. The zero-order valence-corrected chi connectivity index (χ0v) is 10.4.